The first kappa shape index (κ1) is 11.8. The van der Waals surface area contributed by atoms with E-state index in [0.29, 0.717) is 18.0 Å². The molecule has 0 bridgehead atoms. The van der Waals surface area contributed by atoms with Crippen LogP contribution in [0.5, 0.6) is 0 Å². The van der Waals surface area contributed by atoms with Gasteiger partial charge in [0.25, 0.3) is 5.91 Å². The molecule has 0 aliphatic heterocycles. The summed E-state index contributed by atoms with van der Waals surface area (Å²) in [4.78, 5) is 11.6. The Kier molecular flexibility index (Phi) is 4.91. The van der Waals surface area contributed by atoms with E-state index < -0.39 is 0 Å². The van der Waals surface area contributed by atoms with Crippen molar-refractivity contribution in [1.82, 2.24) is 5.32 Å². The highest BCUT2D eigenvalue weighted by Gasteiger charge is 2.04. The summed E-state index contributed by atoms with van der Waals surface area (Å²) in [7, 11) is 0. The highest BCUT2D eigenvalue weighted by atomic mass is 35.5. The molecule has 0 saturated carbocycles. The van der Waals surface area contributed by atoms with E-state index in [1.807, 2.05) is 12.1 Å². The second-order valence-electron chi connectivity index (χ2n) is 3.17. The van der Waals surface area contributed by atoms with E-state index >= 15 is 0 Å². The second kappa shape index (κ2) is 6.25. The van der Waals surface area contributed by atoms with Crippen LogP contribution in [-0.4, -0.2) is 12.5 Å². The number of halogens is 1. The molecule has 1 aromatic rings. The van der Waals surface area contributed by atoms with Crippen LogP contribution in [0.25, 0.3) is 0 Å². The molecule has 1 amide bonds. The van der Waals surface area contributed by atoms with Gasteiger partial charge >= 0.3 is 0 Å². The average molecular weight is 224 g/mol. The maximum absolute atomic E-state index is 11.6. The molecule has 15 heavy (non-hydrogen) atoms. The Morgan fingerprint density at radius 2 is 2.33 bits per heavy atom. The molecule has 1 N–H and O–H groups in total. The van der Waals surface area contributed by atoms with Crippen molar-refractivity contribution in [3.05, 3.63) is 48.0 Å². The smallest absolute Gasteiger partial charge is 0.251 e. The molecule has 0 aromatic heterocycles. The number of carbonyl (C=O) groups is 1. The molecule has 0 fully saturated rings. The van der Waals surface area contributed by atoms with Gasteiger partial charge in [-0.25, -0.2) is 0 Å². The topological polar surface area (TPSA) is 29.1 Å². The second-order valence-corrected chi connectivity index (χ2v) is 3.43. The molecule has 0 saturated heterocycles. The van der Waals surface area contributed by atoms with E-state index in [0.717, 1.165) is 12.0 Å². The maximum atomic E-state index is 11.6. The van der Waals surface area contributed by atoms with Gasteiger partial charge in [0.2, 0.25) is 0 Å². The highest BCUT2D eigenvalue weighted by molar-refractivity contribution is 6.17. The van der Waals surface area contributed by atoms with E-state index in [4.69, 9.17) is 11.6 Å². The molecule has 0 aliphatic rings. The van der Waals surface area contributed by atoms with Crippen LogP contribution >= 0.6 is 11.6 Å². The Bertz CT molecular complexity index is 349. The van der Waals surface area contributed by atoms with Crippen LogP contribution in [0.15, 0.2) is 36.9 Å². The minimum Gasteiger partial charge on any atom is -0.352 e. The third kappa shape index (κ3) is 3.76. The summed E-state index contributed by atoms with van der Waals surface area (Å²) >= 11 is 5.69. The van der Waals surface area contributed by atoms with Gasteiger partial charge in [0, 0.05) is 18.0 Å². The minimum absolute atomic E-state index is 0.0659. The van der Waals surface area contributed by atoms with Crippen LogP contribution in [0, 0.1) is 0 Å². The Hall–Kier alpha value is -1.28. The first-order chi connectivity index (χ1) is 7.27. The van der Waals surface area contributed by atoms with Gasteiger partial charge in [0.05, 0.1) is 0 Å². The maximum Gasteiger partial charge on any atom is 0.251 e. The third-order valence-corrected chi connectivity index (χ3v) is 2.29. The van der Waals surface area contributed by atoms with Crippen molar-refractivity contribution in [3.63, 3.8) is 0 Å². The van der Waals surface area contributed by atoms with Gasteiger partial charge < -0.3 is 5.32 Å². The van der Waals surface area contributed by atoms with Crippen molar-refractivity contribution in [2.24, 2.45) is 0 Å². The molecule has 80 valence electrons. The third-order valence-electron chi connectivity index (χ3n) is 1.98. The largest absolute Gasteiger partial charge is 0.352 e. The van der Waals surface area contributed by atoms with Crippen LogP contribution in [0.4, 0.5) is 0 Å². The van der Waals surface area contributed by atoms with Crippen molar-refractivity contribution in [2.45, 2.75) is 12.3 Å². The lowest BCUT2D eigenvalue weighted by atomic mass is 10.1. The number of carbonyl (C=O) groups excluding carboxylic acids is 1. The SMILES string of the molecule is C=CCCNC(=O)c1cccc(CCl)c1. The summed E-state index contributed by atoms with van der Waals surface area (Å²) in [6.07, 6.45) is 2.55. The zero-order chi connectivity index (χ0) is 11.1. The summed E-state index contributed by atoms with van der Waals surface area (Å²) < 4.78 is 0. The molecular weight excluding hydrogens is 210 g/mol. The lowest BCUT2D eigenvalue weighted by Crippen LogP contribution is -2.24. The summed E-state index contributed by atoms with van der Waals surface area (Å²) in [5.74, 6) is 0.358. The summed E-state index contributed by atoms with van der Waals surface area (Å²) in [6.45, 7) is 4.21. The Labute approximate surface area is 94.9 Å². The fraction of sp³-hybridized carbons (Fsp3) is 0.250. The molecule has 0 unspecified atom stereocenters. The minimum atomic E-state index is -0.0659. The van der Waals surface area contributed by atoms with E-state index in [1.165, 1.54) is 0 Å². The van der Waals surface area contributed by atoms with Crippen LogP contribution < -0.4 is 5.32 Å². The van der Waals surface area contributed by atoms with E-state index in [-0.39, 0.29) is 5.91 Å². The quantitative estimate of drug-likeness (QED) is 0.464. The Morgan fingerprint density at radius 1 is 1.53 bits per heavy atom. The highest BCUT2D eigenvalue weighted by Crippen LogP contribution is 2.07. The normalized spacial score (nSPS) is 9.67. The molecule has 0 aliphatic carbocycles. The summed E-state index contributed by atoms with van der Waals surface area (Å²) in [6, 6.07) is 7.31. The van der Waals surface area contributed by atoms with Crippen molar-refractivity contribution in [1.29, 1.82) is 0 Å². The van der Waals surface area contributed by atoms with Gasteiger partial charge in [-0.2, -0.15) is 0 Å². The number of hydrogen-bond donors (Lipinski definition) is 1. The number of nitrogens with one attached hydrogen (secondary N) is 1. The predicted octanol–water partition coefficient (Wildman–Crippen LogP) is 2.73. The molecular formula is C12H14ClNO. The molecule has 1 aromatic carbocycles. The molecule has 0 radical (unpaired) electrons. The molecule has 0 atom stereocenters. The lowest BCUT2D eigenvalue weighted by Gasteiger charge is -2.04. The predicted molar refractivity (Wildman–Crippen MR) is 63.1 cm³/mol. The molecule has 0 heterocycles. The van der Waals surface area contributed by atoms with Gasteiger partial charge in [0.15, 0.2) is 0 Å². The number of rotatable bonds is 5. The fourth-order valence-corrected chi connectivity index (χ4v) is 1.35. The molecule has 0 spiro atoms. The van der Waals surface area contributed by atoms with Crippen LogP contribution in [-0.2, 0) is 5.88 Å². The zero-order valence-electron chi connectivity index (χ0n) is 8.50. The van der Waals surface area contributed by atoms with E-state index in [9.17, 15) is 4.79 Å². The number of benzene rings is 1. The van der Waals surface area contributed by atoms with E-state index in [2.05, 4.69) is 11.9 Å². The monoisotopic (exact) mass is 223 g/mol. The van der Waals surface area contributed by atoms with Crippen LogP contribution in [0.3, 0.4) is 0 Å². The standard InChI is InChI=1S/C12H14ClNO/c1-2-3-7-14-12(15)11-6-4-5-10(8-11)9-13/h2,4-6,8H,1,3,7,9H2,(H,14,15). The first-order valence-electron chi connectivity index (χ1n) is 4.82. The fourth-order valence-electron chi connectivity index (χ4n) is 1.19. The van der Waals surface area contributed by atoms with Crippen molar-refractivity contribution >= 4 is 17.5 Å². The lowest BCUT2D eigenvalue weighted by molar-refractivity contribution is 0.0954. The van der Waals surface area contributed by atoms with Gasteiger partial charge in [-0.15, -0.1) is 18.2 Å². The number of alkyl halides is 1. The van der Waals surface area contributed by atoms with Gasteiger partial charge in [-0.1, -0.05) is 18.2 Å². The summed E-state index contributed by atoms with van der Waals surface area (Å²) in [5.41, 5.74) is 1.60. The molecule has 3 heteroatoms. The van der Waals surface area contributed by atoms with Crippen LogP contribution in [0.1, 0.15) is 22.3 Å². The molecule has 2 nitrogen and oxygen atoms in total. The van der Waals surface area contributed by atoms with Crippen molar-refractivity contribution in [3.8, 4) is 0 Å². The number of hydrogen-bond acceptors (Lipinski definition) is 1. The number of amides is 1. The van der Waals surface area contributed by atoms with Gasteiger partial charge in [-0.05, 0) is 24.1 Å². The zero-order valence-corrected chi connectivity index (χ0v) is 9.26. The van der Waals surface area contributed by atoms with Crippen molar-refractivity contribution in [2.75, 3.05) is 6.54 Å². The van der Waals surface area contributed by atoms with Crippen molar-refractivity contribution < 1.29 is 4.79 Å². The van der Waals surface area contributed by atoms with Gasteiger partial charge in [-0.3, -0.25) is 4.79 Å². The van der Waals surface area contributed by atoms with E-state index in [1.54, 1.807) is 18.2 Å². The first-order valence-corrected chi connectivity index (χ1v) is 5.35. The summed E-state index contributed by atoms with van der Waals surface area (Å²) in [5, 5.41) is 2.80. The Balaban J connectivity index is 2.60. The Morgan fingerprint density at radius 3 is 3.00 bits per heavy atom. The molecule has 1 rings (SSSR count). The van der Waals surface area contributed by atoms with Crippen LogP contribution in [0.2, 0.25) is 0 Å². The average Bonchev–Trinajstić information content (AvgIpc) is 2.29. The van der Waals surface area contributed by atoms with Gasteiger partial charge in [0.1, 0.15) is 0 Å².